The van der Waals surface area contributed by atoms with Crippen molar-refractivity contribution in [1.29, 1.82) is 0 Å². The van der Waals surface area contributed by atoms with Crippen LogP contribution in [0, 0.1) is 12.3 Å². The lowest BCUT2D eigenvalue weighted by atomic mass is 9.64. The molecular weight excluding hydrogens is 579 g/mol. The van der Waals surface area contributed by atoms with Crippen molar-refractivity contribution >= 4 is 52.6 Å². The highest BCUT2D eigenvalue weighted by atomic mass is 35.5. The fraction of sp³-hybridized carbons (Fsp3) is 0.385. The largest absolute Gasteiger partial charge is 0.405 e. The van der Waals surface area contributed by atoms with E-state index in [4.69, 9.17) is 34.8 Å². The van der Waals surface area contributed by atoms with Gasteiger partial charge in [-0.3, -0.25) is 9.59 Å². The first-order valence-corrected chi connectivity index (χ1v) is 12.5. The van der Waals surface area contributed by atoms with Gasteiger partial charge in [-0.05, 0) is 48.6 Å². The average Bonchev–Trinajstić information content (AvgIpc) is 2.76. The Hall–Kier alpha value is -2.23. The molecule has 2 aromatic rings. The van der Waals surface area contributed by atoms with E-state index >= 15 is 0 Å². The standard InChI is InChI=1S/C26H22Cl3F6NO2/c1-14-9-15(4-6-18(26(33,34)35)16-10-19(27)22(29)20(28)11-16)3-5-17(14)21(37)12-24(7-2-8-24)23(38)36-13-25(30,31)32/h3-6,9-11,18H,2,7-8,12-13H2,1H3,(H,36,38)/b6-4+. The zero-order valence-electron chi connectivity index (χ0n) is 19.9. The quantitative estimate of drug-likeness (QED) is 0.187. The molecule has 12 heteroatoms. The van der Waals surface area contributed by atoms with E-state index in [1.165, 1.54) is 24.3 Å². The van der Waals surface area contributed by atoms with Crippen LogP contribution in [0.15, 0.2) is 36.4 Å². The molecule has 1 aliphatic rings. The number of allylic oxidation sites excluding steroid dienone is 1. The lowest BCUT2D eigenvalue weighted by Crippen LogP contribution is -2.49. The predicted octanol–water partition coefficient (Wildman–Crippen LogP) is 8.74. The molecule has 1 aliphatic carbocycles. The minimum atomic E-state index is -4.66. The van der Waals surface area contributed by atoms with Gasteiger partial charge in [-0.1, -0.05) is 71.6 Å². The van der Waals surface area contributed by atoms with E-state index in [0.29, 0.717) is 30.4 Å². The van der Waals surface area contributed by atoms with Crippen molar-refractivity contribution in [2.24, 2.45) is 5.41 Å². The Balaban J connectivity index is 1.78. The van der Waals surface area contributed by atoms with Crippen molar-refractivity contribution in [1.82, 2.24) is 5.32 Å². The lowest BCUT2D eigenvalue weighted by Gasteiger charge is -2.40. The predicted molar refractivity (Wildman–Crippen MR) is 135 cm³/mol. The third kappa shape index (κ3) is 7.24. The van der Waals surface area contributed by atoms with Crippen molar-refractivity contribution in [3.63, 3.8) is 0 Å². The SMILES string of the molecule is Cc1cc(/C=C/C(c2cc(Cl)c(Cl)c(Cl)c2)C(F)(F)F)ccc1C(=O)CC1(C(=O)NCC(F)(F)F)CCC1. The number of aryl methyl sites for hydroxylation is 1. The number of alkyl halides is 6. The van der Waals surface area contributed by atoms with E-state index in [2.05, 4.69) is 0 Å². The highest BCUT2D eigenvalue weighted by Gasteiger charge is 2.46. The van der Waals surface area contributed by atoms with Crippen LogP contribution in [0.25, 0.3) is 6.08 Å². The normalized spacial score (nSPS) is 16.3. The Labute approximate surface area is 230 Å². The summed E-state index contributed by atoms with van der Waals surface area (Å²) in [4.78, 5) is 25.4. The first-order valence-electron chi connectivity index (χ1n) is 11.4. The van der Waals surface area contributed by atoms with Crippen LogP contribution in [-0.2, 0) is 4.79 Å². The number of amides is 1. The van der Waals surface area contributed by atoms with Crippen molar-refractivity contribution in [2.45, 2.75) is 50.9 Å². The molecule has 0 radical (unpaired) electrons. The van der Waals surface area contributed by atoms with Gasteiger partial charge in [0.25, 0.3) is 0 Å². The van der Waals surface area contributed by atoms with Crippen molar-refractivity contribution in [3.05, 3.63) is 73.7 Å². The van der Waals surface area contributed by atoms with Crippen LogP contribution >= 0.6 is 34.8 Å². The van der Waals surface area contributed by atoms with Gasteiger partial charge in [0.05, 0.1) is 26.4 Å². The summed E-state index contributed by atoms with van der Waals surface area (Å²) in [6.45, 7) is 0.108. The van der Waals surface area contributed by atoms with Gasteiger partial charge in [-0.25, -0.2) is 0 Å². The molecule has 2 aromatic carbocycles. The van der Waals surface area contributed by atoms with Crippen LogP contribution in [0.5, 0.6) is 0 Å². The van der Waals surface area contributed by atoms with Crippen molar-refractivity contribution in [3.8, 4) is 0 Å². The van der Waals surface area contributed by atoms with Crippen molar-refractivity contribution < 1.29 is 35.9 Å². The molecular formula is C26H22Cl3F6NO2. The number of halogens is 9. The molecule has 0 heterocycles. The second kappa shape index (κ2) is 11.5. The zero-order valence-corrected chi connectivity index (χ0v) is 22.1. The van der Waals surface area contributed by atoms with E-state index in [-0.39, 0.29) is 32.6 Å². The minimum absolute atomic E-state index is 0.0561. The summed E-state index contributed by atoms with van der Waals surface area (Å²) in [7, 11) is 0. The number of benzene rings is 2. The first kappa shape index (κ1) is 30.3. The summed E-state index contributed by atoms with van der Waals surface area (Å²) in [6, 6.07) is 6.56. The van der Waals surface area contributed by atoms with Crippen LogP contribution in [0.3, 0.4) is 0 Å². The molecule has 0 bridgehead atoms. The molecule has 0 aromatic heterocycles. The Morgan fingerprint density at radius 1 is 1.03 bits per heavy atom. The smallest absolute Gasteiger partial charge is 0.346 e. The van der Waals surface area contributed by atoms with Gasteiger partial charge in [0.2, 0.25) is 5.91 Å². The summed E-state index contributed by atoms with van der Waals surface area (Å²) in [5.41, 5.74) is -0.342. The van der Waals surface area contributed by atoms with Crippen LogP contribution < -0.4 is 5.32 Å². The first-order chi connectivity index (χ1) is 17.5. The van der Waals surface area contributed by atoms with E-state index in [1.807, 2.05) is 5.32 Å². The summed E-state index contributed by atoms with van der Waals surface area (Å²) in [5, 5.41) is 1.57. The molecule has 1 fully saturated rings. The number of ketones is 1. The number of hydrogen-bond donors (Lipinski definition) is 1. The zero-order chi connectivity index (χ0) is 28.5. The summed E-state index contributed by atoms with van der Waals surface area (Å²) in [6.07, 6.45) is -6.12. The number of rotatable bonds is 8. The number of nitrogens with one attached hydrogen (secondary N) is 1. The monoisotopic (exact) mass is 599 g/mol. The summed E-state index contributed by atoms with van der Waals surface area (Å²) in [5.74, 6) is -3.28. The maximum Gasteiger partial charge on any atom is 0.405 e. The fourth-order valence-electron chi connectivity index (χ4n) is 4.33. The molecule has 1 N–H and O–H groups in total. The highest BCUT2D eigenvalue weighted by molar-refractivity contribution is 6.48. The molecule has 1 unspecified atom stereocenters. The molecule has 3 rings (SSSR count). The van der Waals surface area contributed by atoms with Gasteiger partial charge in [-0.2, -0.15) is 26.3 Å². The van der Waals surface area contributed by atoms with Crippen LogP contribution in [-0.4, -0.2) is 30.6 Å². The fourth-order valence-corrected chi connectivity index (χ4v) is 4.95. The van der Waals surface area contributed by atoms with Crippen LogP contribution in [0.2, 0.25) is 15.1 Å². The summed E-state index contributed by atoms with van der Waals surface area (Å²) < 4.78 is 78.9. The molecule has 3 nitrogen and oxygen atoms in total. The van der Waals surface area contributed by atoms with Gasteiger partial charge in [0.15, 0.2) is 5.78 Å². The van der Waals surface area contributed by atoms with Gasteiger partial charge in [0, 0.05) is 12.0 Å². The van der Waals surface area contributed by atoms with Crippen LogP contribution in [0.4, 0.5) is 26.3 Å². The van der Waals surface area contributed by atoms with Gasteiger partial charge in [-0.15, -0.1) is 0 Å². The lowest BCUT2D eigenvalue weighted by molar-refractivity contribution is -0.148. The molecule has 1 saturated carbocycles. The number of hydrogen-bond acceptors (Lipinski definition) is 2. The third-order valence-corrected chi connectivity index (χ3v) is 7.69. The highest BCUT2D eigenvalue weighted by Crippen LogP contribution is 2.45. The number of carbonyl (C=O) groups is 2. The minimum Gasteiger partial charge on any atom is -0.346 e. The van der Waals surface area contributed by atoms with E-state index in [1.54, 1.807) is 6.92 Å². The molecule has 0 saturated heterocycles. The topological polar surface area (TPSA) is 46.2 Å². The maximum absolute atomic E-state index is 13.8. The molecule has 0 aliphatic heterocycles. The summed E-state index contributed by atoms with van der Waals surface area (Å²) >= 11 is 17.6. The maximum atomic E-state index is 13.8. The number of carbonyl (C=O) groups excluding carboxylic acids is 2. The Kier molecular flexibility index (Phi) is 9.16. The average molecular weight is 601 g/mol. The Bertz CT molecular complexity index is 1230. The van der Waals surface area contributed by atoms with Crippen LogP contribution in [0.1, 0.15) is 58.6 Å². The van der Waals surface area contributed by atoms with E-state index in [9.17, 15) is 35.9 Å². The molecule has 0 spiro atoms. The number of Topliss-reactive ketones (excluding diaryl/α,β-unsaturated/α-hetero) is 1. The third-order valence-electron chi connectivity index (χ3n) is 6.49. The Morgan fingerprint density at radius 2 is 1.63 bits per heavy atom. The second-order valence-electron chi connectivity index (χ2n) is 9.28. The molecule has 38 heavy (non-hydrogen) atoms. The van der Waals surface area contributed by atoms with E-state index in [0.717, 1.165) is 18.2 Å². The molecule has 206 valence electrons. The molecule has 1 amide bonds. The Morgan fingerprint density at radius 3 is 2.11 bits per heavy atom. The van der Waals surface area contributed by atoms with E-state index < -0.39 is 41.9 Å². The van der Waals surface area contributed by atoms with Gasteiger partial charge < -0.3 is 5.32 Å². The van der Waals surface area contributed by atoms with Crippen molar-refractivity contribution in [2.75, 3.05) is 6.54 Å². The molecule has 1 atom stereocenters. The van der Waals surface area contributed by atoms with Gasteiger partial charge >= 0.3 is 12.4 Å². The second-order valence-corrected chi connectivity index (χ2v) is 10.5. The van der Waals surface area contributed by atoms with Gasteiger partial charge in [0.1, 0.15) is 6.54 Å².